The molecule has 1 rings (SSSR count). The summed E-state index contributed by atoms with van der Waals surface area (Å²) in [5, 5.41) is 7.49. The summed E-state index contributed by atoms with van der Waals surface area (Å²) < 4.78 is 1.84. The van der Waals surface area contributed by atoms with E-state index in [1.54, 1.807) is 0 Å². The molecule has 0 aromatic carbocycles. The minimum atomic E-state index is 0.0228. The second-order valence-corrected chi connectivity index (χ2v) is 5.21. The lowest BCUT2D eigenvalue weighted by Gasteiger charge is -2.09. The molecule has 1 heterocycles. The van der Waals surface area contributed by atoms with Crippen LogP contribution in [0.5, 0.6) is 0 Å². The van der Waals surface area contributed by atoms with Gasteiger partial charge in [0.25, 0.3) is 5.91 Å². The Kier molecular flexibility index (Phi) is 6.02. The van der Waals surface area contributed by atoms with Gasteiger partial charge in [0.1, 0.15) is 0 Å². The molecular weight excluding hydrogens is 240 g/mol. The normalized spacial score (nSPS) is 11.1. The highest BCUT2D eigenvalue weighted by molar-refractivity contribution is 5.96. The van der Waals surface area contributed by atoms with Gasteiger partial charge >= 0.3 is 0 Å². The zero-order valence-electron chi connectivity index (χ0n) is 12.8. The fraction of sp³-hybridized carbons (Fsp3) is 0.714. The highest BCUT2D eigenvalue weighted by atomic mass is 16.1. The highest BCUT2D eigenvalue weighted by Gasteiger charge is 2.20. The van der Waals surface area contributed by atoms with Gasteiger partial charge in [-0.25, -0.2) is 0 Å². The lowest BCUT2D eigenvalue weighted by atomic mass is 10.1. The minimum Gasteiger partial charge on any atom is -0.346 e. The van der Waals surface area contributed by atoms with Crippen molar-refractivity contribution in [3.8, 4) is 0 Å². The summed E-state index contributed by atoms with van der Waals surface area (Å²) in [6.45, 7) is 5.80. The second kappa shape index (κ2) is 7.28. The fourth-order valence-corrected chi connectivity index (χ4v) is 2.21. The Bertz CT molecular complexity index is 423. The monoisotopic (exact) mass is 267 g/mol. The Morgan fingerprint density at radius 3 is 2.58 bits per heavy atom. The molecule has 0 aliphatic carbocycles. The molecule has 19 heavy (non-hydrogen) atoms. The maximum atomic E-state index is 12.3. The average Bonchev–Trinajstić information content (AvgIpc) is 2.65. The number of rotatable bonds is 7. The van der Waals surface area contributed by atoms with E-state index >= 15 is 0 Å². The van der Waals surface area contributed by atoms with Gasteiger partial charge in [0.2, 0.25) is 0 Å². The molecule has 1 amide bonds. The van der Waals surface area contributed by atoms with Gasteiger partial charge < -0.3 is 10.2 Å². The number of quaternary nitrogens is 1. The molecule has 2 N–H and O–H groups in total. The highest BCUT2D eigenvalue weighted by Crippen LogP contribution is 2.16. The van der Waals surface area contributed by atoms with E-state index in [0.717, 1.165) is 42.8 Å². The summed E-state index contributed by atoms with van der Waals surface area (Å²) in [4.78, 5) is 13.7. The number of hydrogen-bond acceptors (Lipinski definition) is 2. The van der Waals surface area contributed by atoms with Crippen LogP contribution in [0.15, 0.2) is 0 Å². The third-order valence-electron chi connectivity index (χ3n) is 3.20. The van der Waals surface area contributed by atoms with E-state index in [4.69, 9.17) is 0 Å². The summed E-state index contributed by atoms with van der Waals surface area (Å²) in [6.07, 6.45) is 2.69. The van der Waals surface area contributed by atoms with Crippen molar-refractivity contribution < 1.29 is 9.69 Å². The van der Waals surface area contributed by atoms with Crippen LogP contribution in [0.1, 0.15) is 42.0 Å². The standard InChI is InChI=1S/C14H26N4O/c1-6-8-11-13(12(7-2)18(5)16-11)14(19)15-9-10-17(3)4/h6-10H2,1-5H3,(H,15,19)/p+1. The quantitative estimate of drug-likeness (QED) is 0.719. The predicted octanol–water partition coefficient (Wildman–Crippen LogP) is -0.191. The van der Waals surface area contributed by atoms with Crippen LogP contribution in [0.2, 0.25) is 0 Å². The number of amides is 1. The molecule has 0 unspecified atom stereocenters. The van der Waals surface area contributed by atoms with E-state index in [0.29, 0.717) is 6.54 Å². The maximum absolute atomic E-state index is 12.3. The van der Waals surface area contributed by atoms with E-state index in [2.05, 4.69) is 38.4 Å². The van der Waals surface area contributed by atoms with Gasteiger partial charge in [-0.15, -0.1) is 0 Å². The first kappa shape index (κ1) is 15.7. The molecule has 0 atom stereocenters. The average molecular weight is 267 g/mol. The van der Waals surface area contributed by atoms with Crippen molar-refractivity contribution in [2.24, 2.45) is 7.05 Å². The molecule has 0 spiro atoms. The number of aromatic nitrogens is 2. The van der Waals surface area contributed by atoms with Crippen molar-refractivity contribution >= 4 is 5.91 Å². The van der Waals surface area contributed by atoms with Crippen molar-refractivity contribution in [2.75, 3.05) is 27.2 Å². The van der Waals surface area contributed by atoms with Crippen molar-refractivity contribution in [2.45, 2.75) is 33.1 Å². The fourth-order valence-electron chi connectivity index (χ4n) is 2.21. The first-order valence-electron chi connectivity index (χ1n) is 7.13. The summed E-state index contributed by atoms with van der Waals surface area (Å²) in [7, 11) is 6.07. The Morgan fingerprint density at radius 1 is 1.37 bits per heavy atom. The molecule has 0 saturated heterocycles. The van der Waals surface area contributed by atoms with Gasteiger partial charge in [0.05, 0.1) is 44.1 Å². The molecular formula is C14H27N4O+. The lowest BCUT2D eigenvalue weighted by molar-refractivity contribution is -0.856. The molecule has 0 radical (unpaired) electrons. The van der Waals surface area contributed by atoms with Crippen molar-refractivity contribution in [3.63, 3.8) is 0 Å². The van der Waals surface area contributed by atoms with E-state index in [1.165, 1.54) is 4.90 Å². The number of hydrogen-bond donors (Lipinski definition) is 2. The topological polar surface area (TPSA) is 51.4 Å². The third kappa shape index (κ3) is 4.06. The van der Waals surface area contributed by atoms with E-state index < -0.39 is 0 Å². The number of nitrogens with zero attached hydrogens (tertiary/aromatic N) is 2. The van der Waals surface area contributed by atoms with Gasteiger partial charge in [-0.05, 0) is 12.8 Å². The SMILES string of the molecule is CCCc1nn(C)c(CC)c1C(=O)NCC[NH+](C)C. The summed E-state index contributed by atoms with van der Waals surface area (Å²) in [5.74, 6) is 0.0228. The second-order valence-electron chi connectivity index (χ2n) is 5.21. The summed E-state index contributed by atoms with van der Waals surface area (Å²) >= 11 is 0. The van der Waals surface area contributed by atoms with E-state index in [9.17, 15) is 4.79 Å². The zero-order valence-corrected chi connectivity index (χ0v) is 12.8. The Hall–Kier alpha value is -1.36. The minimum absolute atomic E-state index is 0.0228. The first-order chi connectivity index (χ1) is 9.01. The maximum Gasteiger partial charge on any atom is 0.255 e. The van der Waals surface area contributed by atoms with Gasteiger partial charge in [0.15, 0.2) is 0 Å². The van der Waals surface area contributed by atoms with Crippen molar-refractivity contribution in [1.82, 2.24) is 15.1 Å². The van der Waals surface area contributed by atoms with Gasteiger partial charge in [-0.1, -0.05) is 20.3 Å². The molecule has 1 aromatic rings. The molecule has 108 valence electrons. The van der Waals surface area contributed by atoms with Crippen LogP contribution in [0.25, 0.3) is 0 Å². The molecule has 0 fully saturated rings. The molecule has 0 aliphatic rings. The number of carbonyl (C=O) groups is 1. The Balaban J connectivity index is 2.86. The van der Waals surface area contributed by atoms with Crippen molar-refractivity contribution in [1.29, 1.82) is 0 Å². The van der Waals surface area contributed by atoms with Crippen LogP contribution in [-0.2, 0) is 19.9 Å². The number of carbonyl (C=O) groups excluding carboxylic acids is 1. The smallest absolute Gasteiger partial charge is 0.255 e. The van der Waals surface area contributed by atoms with E-state index in [-0.39, 0.29) is 5.91 Å². The number of aryl methyl sites for hydroxylation is 2. The third-order valence-corrected chi connectivity index (χ3v) is 3.20. The van der Waals surface area contributed by atoms with Crippen molar-refractivity contribution in [3.05, 3.63) is 17.0 Å². The predicted molar refractivity (Wildman–Crippen MR) is 76.6 cm³/mol. The van der Waals surface area contributed by atoms with Gasteiger partial charge in [-0.2, -0.15) is 5.10 Å². The molecule has 1 aromatic heterocycles. The molecule has 0 bridgehead atoms. The van der Waals surface area contributed by atoms with Crippen LogP contribution in [0, 0.1) is 0 Å². The largest absolute Gasteiger partial charge is 0.346 e. The summed E-state index contributed by atoms with van der Waals surface area (Å²) in [6, 6.07) is 0. The Morgan fingerprint density at radius 2 is 2.05 bits per heavy atom. The van der Waals surface area contributed by atoms with Gasteiger partial charge in [0, 0.05) is 7.05 Å². The van der Waals surface area contributed by atoms with Crippen LogP contribution in [-0.4, -0.2) is 42.9 Å². The number of nitrogens with one attached hydrogen (secondary N) is 2. The van der Waals surface area contributed by atoms with Crippen LogP contribution in [0.3, 0.4) is 0 Å². The molecule has 5 nitrogen and oxygen atoms in total. The van der Waals surface area contributed by atoms with Crippen LogP contribution < -0.4 is 10.2 Å². The van der Waals surface area contributed by atoms with Gasteiger partial charge in [-0.3, -0.25) is 9.48 Å². The molecule has 5 heteroatoms. The lowest BCUT2D eigenvalue weighted by Crippen LogP contribution is -3.06. The first-order valence-corrected chi connectivity index (χ1v) is 7.13. The van der Waals surface area contributed by atoms with Crippen LogP contribution in [0.4, 0.5) is 0 Å². The van der Waals surface area contributed by atoms with Crippen LogP contribution >= 0.6 is 0 Å². The summed E-state index contributed by atoms with van der Waals surface area (Å²) in [5.41, 5.74) is 2.75. The molecule has 0 aliphatic heterocycles. The zero-order chi connectivity index (χ0) is 14.4. The van der Waals surface area contributed by atoms with E-state index in [1.807, 2.05) is 11.7 Å². The Labute approximate surface area is 116 Å². The number of likely N-dealkylation sites (N-methyl/N-ethyl adjacent to an activating group) is 1. The molecule has 0 saturated carbocycles.